The van der Waals surface area contributed by atoms with Gasteiger partial charge in [0.1, 0.15) is 0 Å². The Labute approximate surface area is 132 Å². The van der Waals surface area contributed by atoms with Gasteiger partial charge < -0.3 is 4.90 Å². The zero-order valence-electron chi connectivity index (χ0n) is 12.5. The van der Waals surface area contributed by atoms with Gasteiger partial charge in [0.2, 0.25) is 0 Å². The Balaban J connectivity index is 2.36. The fourth-order valence-electron chi connectivity index (χ4n) is 2.26. The zero-order chi connectivity index (χ0) is 15.2. The van der Waals surface area contributed by atoms with Crippen molar-refractivity contribution in [1.29, 1.82) is 0 Å². The Morgan fingerprint density at radius 1 is 1.14 bits per heavy atom. The molecule has 2 aromatic rings. The number of anilines is 1. The number of carbonyl (C=O) groups excluding carboxylic acids is 1. The summed E-state index contributed by atoms with van der Waals surface area (Å²) in [4.78, 5) is 15.6. The number of thiol groups is 1. The lowest BCUT2D eigenvalue weighted by Gasteiger charge is -2.23. The zero-order valence-corrected chi connectivity index (χ0v) is 13.4. The number of para-hydroxylation sites is 1. The second-order valence-corrected chi connectivity index (χ2v) is 5.66. The van der Waals surface area contributed by atoms with Crippen LogP contribution in [0.15, 0.2) is 53.4 Å². The predicted molar refractivity (Wildman–Crippen MR) is 91.5 cm³/mol. The van der Waals surface area contributed by atoms with E-state index in [0.717, 1.165) is 41.1 Å². The minimum Gasteiger partial charge on any atom is -0.308 e. The fourth-order valence-corrected chi connectivity index (χ4v) is 2.46. The lowest BCUT2D eigenvalue weighted by Crippen LogP contribution is -2.32. The van der Waals surface area contributed by atoms with Gasteiger partial charge in [-0.15, -0.1) is 12.6 Å². The molecule has 0 bridgehead atoms. The molecule has 2 aromatic carbocycles. The molecule has 0 atom stereocenters. The molecule has 0 fully saturated rings. The van der Waals surface area contributed by atoms with Crippen LogP contribution in [-0.4, -0.2) is 12.5 Å². The van der Waals surface area contributed by atoms with E-state index in [1.165, 1.54) is 0 Å². The van der Waals surface area contributed by atoms with Crippen LogP contribution >= 0.6 is 12.6 Å². The van der Waals surface area contributed by atoms with Crippen LogP contribution in [-0.2, 0) is 0 Å². The van der Waals surface area contributed by atoms with E-state index in [1.807, 2.05) is 60.4 Å². The molecule has 0 saturated heterocycles. The molecule has 3 heteroatoms. The number of amides is 1. The van der Waals surface area contributed by atoms with Gasteiger partial charge in [-0.1, -0.05) is 37.6 Å². The Morgan fingerprint density at radius 3 is 2.52 bits per heavy atom. The summed E-state index contributed by atoms with van der Waals surface area (Å²) in [5, 5.41) is 0. The number of rotatable bonds is 5. The number of carbonyl (C=O) groups is 1. The van der Waals surface area contributed by atoms with Crippen molar-refractivity contribution in [2.24, 2.45) is 0 Å². The van der Waals surface area contributed by atoms with Crippen LogP contribution in [0.3, 0.4) is 0 Å². The van der Waals surface area contributed by atoms with E-state index < -0.39 is 0 Å². The van der Waals surface area contributed by atoms with Crippen molar-refractivity contribution in [3.63, 3.8) is 0 Å². The molecule has 0 radical (unpaired) electrons. The van der Waals surface area contributed by atoms with Crippen LogP contribution in [0.5, 0.6) is 0 Å². The van der Waals surface area contributed by atoms with Gasteiger partial charge in [-0.2, -0.15) is 0 Å². The molecular formula is C18H21NOS. The lowest BCUT2D eigenvalue weighted by molar-refractivity contribution is 0.0986. The normalized spacial score (nSPS) is 10.4. The Hall–Kier alpha value is -1.74. The molecule has 0 aliphatic carbocycles. The van der Waals surface area contributed by atoms with Gasteiger partial charge in [-0.05, 0) is 43.2 Å². The van der Waals surface area contributed by atoms with Gasteiger partial charge in [0.05, 0.1) is 0 Å². The van der Waals surface area contributed by atoms with Gasteiger partial charge in [0.15, 0.2) is 0 Å². The van der Waals surface area contributed by atoms with Gasteiger partial charge in [-0.25, -0.2) is 0 Å². The third kappa shape index (κ3) is 3.88. The highest BCUT2D eigenvalue weighted by Crippen LogP contribution is 2.21. The van der Waals surface area contributed by atoms with E-state index in [2.05, 4.69) is 19.6 Å². The van der Waals surface area contributed by atoms with Crippen LogP contribution in [0.1, 0.15) is 35.7 Å². The van der Waals surface area contributed by atoms with Gasteiger partial charge in [0.25, 0.3) is 5.91 Å². The first-order valence-electron chi connectivity index (χ1n) is 7.30. The van der Waals surface area contributed by atoms with Gasteiger partial charge in [-0.3, -0.25) is 4.79 Å². The molecule has 0 saturated carbocycles. The first-order chi connectivity index (χ1) is 10.1. The standard InChI is InChI=1S/C18H21NOS/c1-3-4-12-19(15-8-6-5-7-9-15)18(20)17-13-16(21)11-10-14(17)2/h5-11,13,21H,3-4,12H2,1-2H3. The lowest BCUT2D eigenvalue weighted by atomic mass is 10.1. The van der Waals surface area contributed by atoms with E-state index in [-0.39, 0.29) is 5.91 Å². The fraction of sp³-hybridized carbons (Fsp3) is 0.278. The molecule has 2 nitrogen and oxygen atoms in total. The minimum absolute atomic E-state index is 0.0445. The van der Waals surface area contributed by atoms with Crippen molar-refractivity contribution < 1.29 is 4.79 Å². The van der Waals surface area contributed by atoms with Crippen molar-refractivity contribution in [2.45, 2.75) is 31.6 Å². The number of aryl methyl sites for hydroxylation is 1. The molecule has 110 valence electrons. The molecule has 21 heavy (non-hydrogen) atoms. The number of benzene rings is 2. The highest BCUT2D eigenvalue weighted by molar-refractivity contribution is 7.80. The van der Waals surface area contributed by atoms with Crippen LogP contribution in [0.2, 0.25) is 0 Å². The summed E-state index contributed by atoms with van der Waals surface area (Å²) in [6.45, 7) is 4.83. The number of hydrogen-bond acceptors (Lipinski definition) is 2. The van der Waals surface area contributed by atoms with Crippen molar-refractivity contribution in [3.05, 3.63) is 59.7 Å². The van der Waals surface area contributed by atoms with E-state index in [4.69, 9.17) is 0 Å². The molecule has 0 spiro atoms. The van der Waals surface area contributed by atoms with Crippen molar-refractivity contribution in [3.8, 4) is 0 Å². The van der Waals surface area contributed by atoms with Crippen molar-refractivity contribution in [2.75, 3.05) is 11.4 Å². The number of unbranched alkanes of at least 4 members (excludes halogenated alkanes) is 1. The average molecular weight is 299 g/mol. The molecule has 0 unspecified atom stereocenters. The summed E-state index contributed by atoms with van der Waals surface area (Å²) in [6.07, 6.45) is 2.04. The summed E-state index contributed by atoms with van der Waals surface area (Å²) < 4.78 is 0. The SMILES string of the molecule is CCCCN(C(=O)c1cc(S)ccc1C)c1ccccc1. The Bertz CT molecular complexity index is 610. The number of hydrogen-bond donors (Lipinski definition) is 1. The minimum atomic E-state index is 0.0445. The average Bonchev–Trinajstić information content (AvgIpc) is 2.51. The third-order valence-corrected chi connectivity index (χ3v) is 3.78. The second kappa shape index (κ2) is 7.32. The van der Waals surface area contributed by atoms with Crippen molar-refractivity contribution >= 4 is 24.2 Å². The van der Waals surface area contributed by atoms with Crippen LogP contribution in [0, 0.1) is 6.92 Å². The summed E-state index contributed by atoms with van der Waals surface area (Å²) in [6, 6.07) is 15.6. The molecule has 0 aromatic heterocycles. The molecule has 0 heterocycles. The molecule has 2 rings (SSSR count). The second-order valence-electron chi connectivity index (χ2n) is 5.15. The topological polar surface area (TPSA) is 20.3 Å². The van der Waals surface area contributed by atoms with Crippen LogP contribution < -0.4 is 4.90 Å². The maximum absolute atomic E-state index is 12.9. The van der Waals surface area contributed by atoms with E-state index in [0.29, 0.717) is 0 Å². The first kappa shape index (κ1) is 15.6. The predicted octanol–water partition coefficient (Wildman–Crippen LogP) is 4.73. The molecule has 0 aliphatic heterocycles. The molecule has 0 N–H and O–H groups in total. The van der Waals surface area contributed by atoms with Crippen LogP contribution in [0.25, 0.3) is 0 Å². The van der Waals surface area contributed by atoms with Gasteiger partial charge in [0, 0.05) is 22.7 Å². The maximum Gasteiger partial charge on any atom is 0.258 e. The van der Waals surface area contributed by atoms with E-state index in [1.54, 1.807) is 0 Å². The van der Waals surface area contributed by atoms with E-state index >= 15 is 0 Å². The van der Waals surface area contributed by atoms with Gasteiger partial charge >= 0.3 is 0 Å². The highest BCUT2D eigenvalue weighted by atomic mass is 32.1. The Kier molecular flexibility index (Phi) is 5.45. The summed E-state index contributed by atoms with van der Waals surface area (Å²) in [5.74, 6) is 0.0445. The first-order valence-corrected chi connectivity index (χ1v) is 7.74. The quantitative estimate of drug-likeness (QED) is 0.791. The summed E-state index contributed by atoms with van der Waals surface area (Å²) >= 11 is 4.35. The maximum atomic E-state index is 12.9. The van der Waals surface area contributed by atoms with Crippen molar-refractivity contribution in [1.82, 2.24) is 0 Å². The van der Waals surface area contributed by atoms with E-state index in [9.17, 15) is 4.79 Å². The molecule has 1 amide bonds. The summed E-state index contributed by atoms with van der Waals surface area (Å²) in [5.41, 5.74) is 2.65. The molecule has 0 aliphatic rings. The Morgan fingerprint density at radius 2 is 1.86 bits per heavy atom. The molecular weight excluding hydrogens is 278 g/mol. The number of nitrogens with zero attached hydrogens (tertiary/aromatic N) is 1. The highest BCUT2D eigenvalue weighted by Gasteiger charge is 2.18. The monoisotopic (exact) mass is 299 g/mol. The smallest absolute Gasteiger partial charge is 0.258 e. The summed E-state index contributed by atoms with van der Waals surface area (Å²) in [7, 11) is 0. The largest absolute Gasteiger partial charge is 0.308 e. The third-order valence-electron chi connectivity index (χ3n) is 3.50. The van der Waals surface area contributed by atoms with Crippen LogP contribution in [0.4, 0.5) is 5.69 Å².